The minimum Gasteiger partial charge on any atom is -0.311 e. The molecule has 1 saturated heterocycles. The standard InChI is InChI=1S/C18H36N2/c1-15(2)16(14-19-17(3,4)5)20-12-10-18(11-13-20)8-6-7-9-18/h15-16,19H,6-14H2,1-5H3. The minimum atomic E-state index is 0.232. The van der Waals surface area contributed by atoms with E-state index in [-0.39, 0.29) is 5.54 Å². The fraction of sp³-hybridized carbons (Fsp3) is 1.00. The van der Waals surface area contributed by atoms with Crippen molar-refractivity contribution in [1.82, 2.24) is 10.2 Å². The first-order chi connectivity index (χ1) is 9.31. The Morgan fingerprint density at radius 1 is 1.00 bits per heavy atom. The van der Waals surface area contributed by atoms with Gasteiger partial charge in [-0.05, 0) is 70.9 Å². The predicted octanol–water partition coefficient (Wildman–Crippen LogP) is 4.06. The maximum Gasteiger partial charge on any atom is 0.0243 e. The number of hydrogen-bond donors (Lipinski definition) is 1. The summed E-state index contributed by atoms with van der Waals surface area (Å²) in [6.07, 6.45) is 8.89. The highest BCUT2D eigenvalue weighted by molar-refractivity contribution is 4.92. The number of piperidine rings is 1. The molecule has 1 unspecified atom stereocenters. The van der Waals surface area contributed by atoms with Crippen LogP contribution in [0.3, 0.4) is 0 Å². The Bertz CT molecular complexity index is 287. The molecule has 2 rings (SSSR count). The van der Waals surface area contributed by atoms with Crippen molar-refractivity contribution in [3.8, 4) is 0 Å². The van der Waals surface area contributed by atoms with E-state index in [1.165, 1.54) is 51.6 Å². The van der Waals surface area contributed by atoms with Crippen LogP contribution < -0.4 is 5.32 Å². The van der Waals surface area contributed by atoms with Crippen LogP contribution in [0, 0.1) is 11.3 Å². The Morgan fingerprint density at radius 2 is 1.55 bits per heavy atom. The fourth-order valence-corrected chi connectivity index (χ4v) is 4.15. The first-order valence-corrected chi connectivity index (χ1v) is 8.80. The van der Waals surface area contributed by atoms with E-state index in [0.29, 0.717) is 6.04 Å². The van der Waals surface area contributed by atoms with E-state index in [1.807, 2.05) is 0 Å². The SMILES string of the molecule is CC(C)C(CNC(C)(C)C)N1CCC2(CCCC2)CC1. The number of likely N-dealkylation sites (tertiary alicyclic amines) is 1. The van der Waals surface area contributed by atoms with Crippen LogP contribution in [0.15, 0.2) is 0 Å². The van der Waals surface area contributed by atoms with Gasteiger partial charge in [-0.3, -0.25) is 4.90 Å². The summed E-state index contributed by atoms with van der Waals surface area (Å²) in [6, 6.07) is 0.702. The third kappa shape index (κ3) is 4.21. The molecule has 0 bridgehead atoms. The van der Waals surface area contributed by atoms with E-state index in [1.54, 1.807) is 0 Å². The number of nitrogens with one attached hydrogen (secondary N) is 1. The fourth-order valence-electron chi connectivity index (χ4n) is 4.15. The molecule has 0 radical (unpaired) electrons. The summed E-state index contributed by atoms with van der Waals surface area (Å²) in [5.41, 5.74) is 0.977. The molecule has 0 amide bonds. The molecule has 0 aromatic rings. The second-order valence-corrected chi connectivity index (χ2v) is 8.69. The average molecular weight is 280 g/mol. The lowest BCUT2D eigenvalue weighted by atomic mass is 9.76. The van der Waals surface area contributed by atoms with Gasteiger partial charge in [0.15, 0.2) is 0 Å². The lowest BCUT2D eigenvalue weighted by molar-refractivity contribution is 0.0559. The molecular formula is C18H36N2. The average Bonchev–Trinajstić information content (AvgIpc) is 2.79. The molecule has 2 heteroatoms. The van der Waals surface area contributed by atoms with Crippen molar-refractivity contribution >= 4 is 0 Å². The van der Waals surface area contributed by atoms with Crippen molar-refractivity contribution in [3.63, 3.8) is 0 Å². The number of hydrogen-bond acceptors (Lipinski definition) is 2. The van der Waals surface area contributed by atoms with E-state index in [4.69, 9.17) is 0 Å². The normalized spacial score (nSPS) is 25.5. The molecule has 0 aromatic carbocycles. The Kier molecular flexibility index (Phi) is 5.18. The van der Waals surface area contributed by atoms with E-state index < -0.39 is 0 Å². The highest BCUT2D eigenvalue weighted by Crippen LogP contribution is 2.46. The molecule has 1 saturated carbocycles. The van der Waals surface area contributed by atoms with Gasteiger partial charge in [0.2, 0.25) is 0 Å². The Labute approximate surface area is 126 Å². The molecule has 2 nitrogen and oxygen atoms in total. The van der Waals surface area contributed by atoms with Crippen LogP contribution >= 0.6 is 0 Å². The zero-order chi connectivity index (χ0) is 14.8. The molecule has 1 aliphatic heterocycles. The summed E-state index contributed by atoms with van der Waals surface area (Å²) >= 11 is 0. The molecule has 1 heterocycles. The van der Waals surface area contributed by atoms with Crippen LogP contribution in [0.1, 0.15) is 73.1 Å². The van der Waals surface area contributed by atoms with Crippen LogP contribution in [0.2, 0.25) is 0 Å². The summed E-state index contributed by atoms with van der Waals surface area (Å²) in [4.78, 5) is 2.77. The smallest absolute Gasteiger partial charge is 0.0243 e. The van der Waals surface area contributed by atoms with Crippen LogP contribution in [-0.2, 0) is 0 Å². The second-order valence-electron chi connectivity index (χ2n) is 8.69. The van der Waals surface area contributed by atoms with Crippen molar-refractivity contribution < 1.29 is 0 Å². The lowest BCUT2D eigenvalue weighted by Gasteiger charge is -2.44. The number of nitrogens with zero attached hydrogens (tertiary/aromatic N) is 1. The van der Waals surface area contributed by atoms with Gasteiger partial charge < -0.3 is 5.32 Å². The quantitative estimate of drug-likeness (QED) is 0.835. The molecule has 2 aliphatic rings. The zero-order valence-corrected chi connectivity index (χ0v) is 14.5. The molecule has 1 spiro atoms. The van der Waals surface area contributed by atoms with Gasteiger partial charge in [-0.15, -0.1) is 0 Å². The molecule has 1 aliphatic carbocycles. The molecule has 0 aromatic heterocycles. The first kappa shape index (κ1) is 16.3. The van der Waals surface area contributed by atoms with Gasteiger partial charge in [0.05, 0.1) is 0 Å². The lowest BCUT2D eigenvalue weighted by Crippen LogP contribution is -2.53. The summed E-state index contributed by atoms with van der Waals surface area (Å²) in [5.74, 6) is 0.738. The van der Waals surface area contributed by atoms with Crippen molar-refractivity contribution in [2.24, 2.45) is 11.3 Å². The molecule has 118 valence electrons. The molecule has 20 heavy (non-hydrogen) atoms. The van der Waals surface area contributed by atoms with Crippen LogP contribution in [0.5, 0.6) is 0 Å². The third-order valence-electron chi connectivity index (χ3n) is 5.60. The second kappa shape index (κ2) is 6.36. The van der Waals surface area contributed by atoms with Gasteiger partial charge in [0.1, 0.15) is 0 Å². The highest BCUT2D eigenvalue weighted by atomic mass is 15.2. The van der Waals surface area contributed by atoms with Crippen molar-refractivity contribution in [2.45, 2.75) is 84.7 Å². The van der Waals surface area contributed by atoms with Gasteiger partial charge >= 0.3 is 0 Å². The van der Waals surface area contributed by atoms with Gasteiger partial charge in [-0.2, -0.15) is 0 Å². The van der Waals surface area contributed by atoms with Crippen LogP contribution in [-0.4, -0.2) is 36.1 Å². The topological polar surface area (TPSA) is 15.3 Å². The van der Waals surface area contributed by atoms with Gasteiger partial charge in [-0.1, -0.05) is 26.7 Å². The van der Waals surface area contributed by atoms with Crippen molar-refractivity contribution in [2.75, 3.05) is 19.6 Å². The summed E-state index contributed by atoms with van der Waals surface area (Å²) in [5, 5.41) is 3.72. The Balaban J connectivity index is 1.87. The maximum absolute atomic E-state index is 3.72. The minimum absolute atomic E-state index is 0.232. The summed E-state index contributed by atoms with van der Waals surface area (Å²) in [6.45, 7) is 15.4. The van der Waals surface area contributed by atoms with Gasteiger partial charge in [-0.25, -0.2) is 0 Å². The van der Waals surface area contributed by atoms with E-state index >= 15 is 0 Å². The molecular weight excluding hydrogens is 244 g/mol. The van der Waals surface area contributed by atoms with Crippen molar-refractivity contribution in [3.05, 3.63) is 0 Å². The van der Waals surface area contributed by atoms with E-state index in [0.717, 1.165) is 17.9 Å². The molecule has 1 N–H and O–H groups in total. The largest absolute Gasteiger partial charge is 0.311 e. The summed E-state index contributed by atoms with van der Waals surface area (Å²) in [7, 11) is 0. The van der Waals surface area contributed by atoms with E-state index in [2.05, 4.69) is 44.8 Å². The third-order valence-corrected chi connectivity index (χ3v) is 5.60. The van der Waals surface area contributed by atoms with Crippen molar-refractivity contribution in [1.29, 1.82) is 0 Å². The predicted molar refractivity (Wildman–Crippen MR) is 88.1 cm³/mol. The monoisotopic (exact) mass is 280 g/mol. The number of rotatable bonds is 4. The Hall–Kier alpha value is -0.0800. The molecule has 1 atom stereocenters. The van der Waals surface area contributed by atoms with E-state index in [9.17, 15) is 0 Å². The van der Waals surface area contributed by atoms with Gasteiger partial charge in [0, 0.05) is 18.1 Å². The van der Waals surface area contributed by atoms with Crippen LogP contribution in [0.4, 0.5) is 0 Å². The maximum atomic E-state index is 3.72. The summed E-state index contributed by atoms with van der Waals surface area (Å²) < 4.78 is 0. The highest BCUT2D eigenvalue weighted by Gasteiger charge is 2.38. The molecule has 2 fully saturated rings. The van der Waals surface area contributed by atoms with Crippen LogP contribution in [0.25, 0.3) is 0 Å². The zero-order valence-electron chi connectivity index (χ0n) is 14.5. The first-order valence-electron chi connectivity index (χ1n) is 8.80. The Morgan fingerprint density at radius 3 is 2.00 bits per heavy atom. The van der Waals surface area contributed by atoms with Gasteiger partial charge in [0.25, 0.3) is 0 Å².